The maximum atomic E-state index is 11.0. The molecule has 100 valence electrons. The average Bonchev–Trinajstić information content (AvgIpc) is 2.46. The number of nitrogens with two attached hydrogens (primary N) is 1. The predicted octanol–water partition coefficient (Wildman–Crippen LogP) is 1.36. The van der Waals surface area contributed by atoms with E-state index in [9.17, 15) is 4.79 Å². The summed E-state index contributed by atoms with van der Waals surface area (Å²) < 4.78 is 0.425. The highest BCUT2D eigenvalue weighted by atomic mass is 32.2. The van der Waals surface area contributed by atoms with Gasteiger partial charge in [0.25, 0.3) is 0 Å². The Morgan fingerprint density at radius 3 is 2.88 bits per heavy atom. The van der Waals surface area contributed by atoms with Gasteiger partial charge in [-0.25, -0.2) is 5.84 Å². The number of unbranched alkanes of at least 4 members (excludes halogenated alkanes) is 1. The smallest absolute Gasteiger partial charge is 0.233 e. The van der Waals surface area contributed by atoms with E-state index < -0.39 is 0 Å². The molecule has 0 radical (unpaired) electrons. The normalized spacial score (nSPS) is 20.9. The summed E-state index contributed by atoms with van der Waals surface area (Å²) in [5.74, 6) is 6.20. The number of nitrogens with zero attached hydrogens (tertiary/aromatic N) is 1. The molecule has 0 unspecified atom stereocenters. The molecule has 1 saturated heterocycles. The molecule has 0 aromatic carbocycles. The van der Waals surface area contributed by atoms with Crippen LogP contribution >= 0.6 is 11.8 Å². The van der Waals surface area contributed by atoms with Crippen molar-refractivity contribution in [3.05, 3.63) is 0 Å². The summed E-state index contributed by atoms with van der Waals surface area (Å²) >= 11 is 2.07. The Morgan fingerprint density at radius 1 is 1.41 bits per heavy atom. The van der Waals surface area contributed by atoms with Crippen LogP contribution in [0.5, 0.6) is 0 Å². The van der Waals surface area contributed by atoms with Gasteiger partial charge in [-0.05, 0) is 32.4 Å². The molecule has 4 nitrogen and oxygen atoms in total. The zero-order valence-corrected chi connectivity index (χ0v) is 11.8. The lowest BCUT2D eigenvalue weighted by Crippen LogP contribution is -2.30. The van der Waals surface area contributed by atoms with Crippen LogP contribution in [0.4, 0.5) is 0 Å². The fourth-order valence-electron chi connectivity index (χ4n) is 1.98. The predicted molar refractivity (Wildman–Crippen MR) is 73.8 cm³/mol. The van der Waals surface area contributed by atoms with Crippen LogP contribution in [0.3, 0.4) is 0 Å². The second-order valence-corrected chi connectivity index (χ2v) is 7.03. The lowest BCUT2D eigenvalue weighted by Gasteiger charge is -2.22. The Bertz CT molecular complexity index is 246. The topological polar surface area (TPSA) is 58.4 Å². The molecule has 1 fully saturated rings. The summed E-state index contributed by atoms with van der Waals surface area (Å²) in [4.78, 5) is 13.5. The Labute approximate surface area is 109 Å². The molecule has 0 saturated carbocycles. The van der Waals surface area contributed by atoms with E-state index in [1.165, 1.54) is 25.3 Å². The molecular formula is C12H25N3OS. The summed E-state index contributed by atoms with van der Waals surface area (Å²) in [6.07, 6.45) is 3.81. The van der Waals surface area contributed by atoms with Crippen LogP contribution in [0.15, 0.2) is 0 Å². The van der Waals surface area contributed by atoms with Crippen LogP contribution in [0.1, 0.15) is 39.5 Å². The molecule has 1 heterocycles. The number of rotatable bonds is 5. The van der Waals surface area contributed by atoms with Crippen molar-refractivity contribution in [2.45, 2.75) is 44.3 Å². The van der Waals surface area contributed by atoms with Crippen molar-refractivity contribution in [1.29, 1.82) is 0 Å². The molecule has 1 aliphatic heterocycles. The highest BCUT2D eigenvalue weighted by Gasteiger charge is 2.23. The molecular weight excluding hydrogens is 234 g/mol. The number of hydrazine groups is 1. The Kier molecular flexibility index (Phi) is 6.30. The first kappa shape index (κ1) is 14.8. The van der Waals surface area contributed by atoms with E-state index in [4.69, 9.17) is 5.84 Å². The van der Waals surface area contributed by atoms with Crippen molar-refractivity contribution in [2.75, 3.05) is 25.4 Å². The molecule has 0 bridgehead atoms. The molecule has 0 spiro atoms. The third-order valence-electron chi connectivity index (χ3n) is 3.22. The molecule has 0 atom stereocenters. The zero-order valence-electron chi connectivity index (χ0n) is 11.0. The minimum atomic E-state index is -0.0578. The standard InChI is InChI=1S/C12H25N3OS/c1-12(2)6-8-15(9-10-17-12)7-4-3-5-11(16)14-13/h3-10,13H2,1-2H3,(H,14,16). The van der Waals surface area contributed by atoms with Gasteiger partial charge < -0.3 is 4.90 Å². The van der Waals surface area contributed by atoms with E-state index in [0.29, 0.717) is 11.2 Å². The van der Waals surface area contributed by atoms with Gasteiger partial charge in [0.15, 0.2) is 0 Å². The van der Waals surface area contributed by atoms with Gasteiger partial charge in [0.2, 0.25) is 5.91 Å². The van der Waals surface area contributed by atoms with Crippen molar-refractivity contribution in [2.24, 2.45) is 5.84 Å². The highest BCUT2D eigenvalue weighted by molar-refractivity contribution is 8.00. The van der Waals surface area contributed by atoms with Gasteiger partial charge in [-0.15, -0.1) is 0 Å². The van der Waals surface area contributed by atoms with Crippen LogP contribution in [-0.2, 0) is 4.79 Å². The number of amides is 1. The quantitative estimate of drug-likeness (QED) is 0.339. The van der Waals surface area contributed by atoms with Gasteiger partial charge in [-0.2, -0.15) is 11.8 Å². The number of carbonyl (C=O) groups excluding carboxylic acids is 1. The number of carbonyl (C=O) groups is 1. The first-order valence-corrected chi connectivity index (χ1v) is 7.38. The van der Waals surface area contributed by atoms with Gasteiger partial charge in [0.05, 0.1) is 0 Å². The third-order valence-corrected chi connectivity index (χ3v) is 4.59. The molecule has 1 rings (SSSR count). The molecule has 0 aromatic rings. The van der Waals surface area contributed by atoms with E-state index in [1.54, 1.807) is 0 Å². The number of hydrogen-bond acceptors (Lipinski definition) is 4. The molecule has 1 aliphatic rings. The van der Waals surface area contributed by atoms with Gasteiger partial charge >= 0.3 is 0 Å². The molecule has 0 aliphatic carbocycles. The van der Waals surface area contributed by atoms with E-state index in [1.807, 2.05) is 0 Å². The first-order valence-electron chi connectivity index (χ1n) is 6.39. The summed E-state index contributed by atoms with van der Waals surface area (Å²) in [5.41, 5.74) is 2.17. The van der Waals surface area contributed by atoms with E-state index in [-0.39, 0.29) is 5.91 Å². The maximum Gasteiger partial charge on any atom is 0.233 e. The van der Waals surface area contributed by atoms with Crippen molar-refractivity contribution in [1.82, 2.24) is 10.3 Å². The van der Waals surface area contributed by atoms with Gasteiger partial charge in [-0.1, -0.05) is 13.8 Å². The zero-order chi connectivity index (χ0) is 12.7. The lowest BCUT2D eigenvalue weighted by molar-refractivity contribution is -0.121. The molecule has 5 heteroatoms. The van der Waals surface area contributed by atoms with E-state index in [2.05, 4.69) is 35.9 Å². The van der Waals surface area contributed by atoms with Crippen molar-refractivity contribution in [3.63, 3.8) is 0 Å². The van der Waals surface area contributed by atoms with Crippen LogP contribution in [0.2, 0.25) is 0 Å². The van der Waals surface area contributed by atoms with Crippen LogP contribution in [-0.4, -0.2) is 40.9 Å². The van der Waals surface area contributed by atoms with Gasteiger partial charge in [-0.3, -0.25) is 10.2 Å². The maximum absolute atomic E-state index is 11.0. The van der Waals surface area contributed by atoms with Crippen LogP contribution in [0.25, 0.3) is 0 Å². The molecule has 17 heavy (non-hydrogen) atoms. The first-order chi connectivity index (χ1) is 8.03. The van der Waals surface area contributed by atoms with Crippen molar-refractivity contribution < 1.29 is 4.79 Å². The summed E-state index contributed by atoms with van der Waals surface area (Å²) in [6.45, 7) is 8.12. The fraction of sp³-hybridized carbons (Fsp3) is 0.917. The average molecular weight is 259 g/mol. The van der Waals surface area contributed by atoms with Gasteiger partial charge in [0.1, 0.15) is 0 Å². The Balaban J connectivity index is 2.13. The molecule has 1 amide bonds. The number of thioether (sulfide) groups is 1. The minimum Gasteiger partial charge on any atom is -0.302 e. The largest absolute Gasteiger partial charge is 0.302 e. The fourth-order valence-corrected chi connectivity index (χ4v) is 3.12. The summed E-state index contributed by atoms with van der Waals surface area (Å²) in [7, 11) is 0. The number of nitrogens with one attached hydrogen (secondary N) is 1. The SMILES string of the molecule is CC1(C)CCN(CCCCC(=O)NN)CCS1. The van der Waals surface area contributed by atoms with E-state index >= 15 is 0 Å². The van der Waals surface area contributed by atoms with Crippen LogP contribution < -0.4 is 11.3 Å². The lowest BCUT2D eigenvalue weighted by atomic mass is 10.1. The highest BCUT2D eigenvalue weighted by Crippen LogP contribution is 2.30. The summed E-state index contributed by atoms with van der Waals surface area (Å²) in [5, 5.41) is 0. The monoisotopic (exact) mass is 259 g/mol. The minimum absolute atomic E-state index is 0.0578. The number of hydrogen-bond donors (Lipinski definition) is 2. The Morgan fingerprint density at radius 2 is 2.18 bits per heavy atom. The third kappa shape index (κ3) is 6.29. The second-order valence-electron chi connectivity index (χ2n) is 5.22. The Hall–Kier alpha value is -0.260. The summed E-state index contributed by atoms with van der Waals surface area (Å²) in [6, 6.07) is 0. The second kappa shape index (κ2) is 7.24. The van der Waals surface area contributed by atoms with Gasteiger partial charge in [0, 0.05) is 23.5 Å². The van der Waals surface area contributed by atoms with E-state index in [0.717, 1.165) is 19.4 Å². The molecule has 0 aromatic heterocycles. The van der Waals surface area contributed by atoms with Crippen molar-refractivity contribution >= 4 is 17.7 Å². The molecule has 3 N–H and O–H groups in total. The van der Waals surface area contributed by atoms with Crippen molar-refractivity contribution in [3.8, 4) is 0 Å². The van der Waals surface area contributed by atoms with Crippen LogP contribution in [0, 0.1) is 0 Å².